The van der Waals surface area contributed by atoms with Crippen molar-refractivity contribution in [2.24, 2.45) is 5.41 Å². The van der Waals surface area contributed by atoms with Crippen LogP contribution in [0.25, 0.3) is 0 Å². The van der Waals surface area contributed by atoms with E-state index in [2.05, 4.69) is 119 Å². The van der Waals surface area contributed by atoms with E-state index in [1.807, 2.05) is 12.1 Å². The van der Waals surface area contributed by atoms with E-state index < -0.39 is 20.2 Å². The lowest BCUT2D eigenvalue weighted by molar-refractivity contribution is -0.438. The van der Waals surface area contributed by atoms with Crippen molar-refractivity contribution in [2.45, 2.75) is 122 Å². The molecule has 2 N–H and O–H groups in total. The fourth-order valence-corrected chi connectivity index (χ4v) is 9.98. The van der Waals surface area contributed by atoms with Crippen molar-refractivity contribution in [3.05, 3.63) is 131 Å². The zero-order valence-electron chi connectivity index (χ0n) is 36.4. The molecule has 3 aliphatic rings. The molecule has 322 valence electrons. The number of nitrogens with zero attached hydrogens (tertiary/aromatic N) is 2. The van der Waals surface area contributed by atoms with E-state index in [-0.39, 0.29) is 21.5 Å². The summed E-state index contributed by atoms with van der Waals surface area (Å²) in [5.41, 5.74) is 8.90. The smallest absolute Gasteiger partial charge is 0.294 e. The Morgan fingerprint density at radius 1 is 0.767 bits per heavy atom. The first kappa shape index (κ1) is 45.2. The zero-order chi connectivity index (χ0) is 43.5. The first-order valence-electron chi connectivity index (χ1n) is 21.3. The number of anilines is 1. The Bertz CT molecular complexity index is 2450. The summed E-state index contributed by atoms with van der Waals surface area (Å²) >= 11 is 0. The molecule has 2 aliphatic heterocycles. The fraction of sp³-hybridized carbons (Fsp3) is 0.449. The van der Waals surface area contributed by atoms with Crippen molar-refractivity contribution in [2.75, 3.05) is 23.7 Å². The van der Waals surface area contributed by atoms with Crippen molar-refractivity contribution in [1.82, 2.24) is 0 Å². The van der Waals surface area contributed by atoms with Gasteiger partial charge in [0.2, 0.25) is 5.69 Å². The van der Waals surface area contributed by atoms with Gasteiger partial charge in [-0.3, -0.25) is 9.11 Å². The molecule has 0 fully saturated rings. The highest BCUT2D eigenvalue weighted by Gasteiger charge is 2.44. The summed E-state index contributed by atoms with van der Waals surface area (Å²) in [4.78, 5) is 2.05. The largest absolute Gasteiger partial charge is 0.457 e. The van der Waals surface area contributed by atoms with Gasteiger partial charge in [-0.15, -0.1) is 0 Å². The second-order valence-electron chi connectivity index (χ2n) is 18.7. The number of hydrogen-bond donors (Lipinski definition) is 2. The molecule has 2 heterocycles. The Labute approximate surface area is 358 Å². The maximum absolute atomic E-state index is 11.9. The Kier molecular flexibility index (Phi) is 13.6. The average molecular weight is 856 g/mol. The molecular formula is C49H63N2O7S2+. The van der Waals surface area contributed by atoms with Crippen LogP contribution < -0.4 is 9.64 Å². The molecule has 11 heteroatoms. The van der Waals surface area contributed by atoms with E-state index in [0.717, 1.165) is 54.8 Å². The van der Waals surface area contributed by atoms with Crippen molar-refractivity contribution in [1.29, 1.82) is 0 Å². The number of benzene rings is 3. The van der Waals surface area contributed by atoms with Gasteiger partial charge in [0.15, 0.2) is 5.71 Å². The number of ether oxygens (including phenoxy) is 1. The monoisotopic (exact) mass is 855 g/mol. The highest BCUT2D eigenvalue weighted by Crippen LogP contribution is 2.48. The fourth-order valence-electron chi connectivity index (χ4n) is 8.93. The van der Waals surface area contributed by atoms with Gasteiger partial charge in [0, 0.05) is 47.5 Å². The minimum absolute atomic E-state index is 0.203. The SMILES string of the molecule is CC(C)(C)CCCCC[N+]1=C(/C=C/C2=C(Oc3ccc(S(=O)(=O)O)cc3)C(=C/C=C3/N(CCCCS(=O)(=O)O)c4ccccc4C3(C)C)/CCC2)C(C)(C)c2ccccc21. The number of fused-ring (bicyclic) bond motifs is 2. The van der Waals surface area contributed by atoms with Crippen molar-refractivity contribution in [3.63, 3.8) is 0 Å². The third kappa shape index (κ3) is 10.6. The second kappa shape index (κ2) is 18.0. The standard InChI is InChI=1S/C49H62N2O7S2/c1-47(2,3)32-13-8-14-33-50-42-22-11-9-20-40(42)48(4,5)44(50)30-24-36-18-17-19-37(46(36)58-38-26-28-39(29-27-38)60(55,56)57)25-31-45-49(6,7)41-21-10-12-23-43(41)51(45)34-15-16-35-59(52,53)54/h9-12,20-31H,8,13-19,32-35H2,1-7H3,(H-,52,53,54,55,56,57)/p+1. The van der Waals surface area contributed by atoms with Crippen LogP contribution >= 0.6 is 0 Å². The molecule has 0 bridgehead atoms. The maximum atomic E-state index is 11.9. The normalized spacial score (nSPS) is 19.2. The lowest BCUT2D eigenvalue weighted by Crippen LogP contribution is -2.28. The minimum atomic E-state index is -4.37. The summed E-state index contributed by atoms with van der Waals surface area (Å²) in [5, 5.41) is 0. The van der Waals surface area contributed by atoms with E-state index in [4.69, 9.17) is 4.74 Å². The average Bonchev–Trinajstić information content (AvgIpc) is 3.52. The van der Waals surface area contributed by atoms with Gasteiger partial charge < -0.3 is 9.64 Å². The van der Waals surface area contributed by atoms with Crippen LogP contribution in [-0.4, -0.2) is 55.1 Å². The number of allylic oxidation sites excluding steroid dienone is 7. The van der Waals surface area contributed by atoms with Gasteiger partial charge >= 0.3 is 0 Å². The quantitative estimate of drug-likeness (QED) is 0.0829. The van der Waals surface area contributed by atoms with Crippen LogP contribution in [0.15, 0.2) is 125 Å². The molecule has 0 saturated carbocycles. The van der Waals surface area contributed by atoms with Crippen LogP contribution in [0.3, 0.4) is 0 Å². The summed E-state index contributed by atoms with van der Waals surface area (Å²) in [6, 6.07) is 22.8. The van der Waals surface area contributed by atoms with Crippen LogP contribution in [0.2, 0.25) is 0 Å². The van der Waals surface area contributed by atoms with Crippen LogP contribution in [0.4, 0.5) is 11.4 Å². The minimum Gasteiger partial charge on any atom is -0.457 e. The molecule has 9 nitrogen and oxygen atoms in total. The van der Waals surface area contributed by atoms with Gasteiger partial charge in [-0.25, -0.2) is 0 Å². The van der Waals surface area contributed by atoms with E-state index in [1.165, 1.54) is 53.9 Å². The molecule has 0 amide bonds. The van der Waals surface area contributed by atoms with E-state index in [9.17, 15) is 25.9 Å². The number of rotatable bonds is 16. The first-order valence-corrected chi connectivity index (χ1v) is 24.4. The highest BCUT2D eigenvalue weighted by molar-refractivity contribution is 7.86. The van der Waals surface area contributed by atoms with Gasteiger partial charge in [0.1, 0.15) is 18.1 Å². The third-order valence-electron chi connectivity index (χ3n) is 12.1. The van der Waals surface area contributed by atoms with Gasteiger partial charge in [0.05, 0.1) is 16.1 Å². The molecular weight excluding hydrogens is 793 g/mol. The Morgan fingerprint density at radius 2 is 1.45 bits per heavy atom. The number of hydrogen-bond acceptors (Lipinski definition) is 6. The highest BCUT2D eigenvalue weighted by atomic mass is 32.2. The third-order valence-corrected chi connectivity index (χ3v) is 13.8. The molecule has 0 aromatic heterocycles. The Morgan fingerprint density at radius 3 is 2.13 bits per heavy atom. The van der Waals surface area contributed by atoms with Gasteiger partial charge in [-0.05, 0) is 123 Å². The predicted octanol–water partition coefficient (Wildman–Crippen LogP) is 11.3. The summed E-state index contributed by atoms with van der Waals surface area (Å²) < 4.78 is 75.0. The van der Waals surface area contributed by atoms with Gasteiger partial charge in [0.25, 0.3) is 20.2 Å². The van der Waals surface area contributed by atoms with Crippen LogP contribution in [0.5, 0.6) is 5.75 Å². The summed E-state index contributed by atoms with van der Waals surface area (Å²) in [6.45, 7) is 17.4. The molecule has 0 atom stereocenters. The number of para-hydroxylation sites is 2. The summed E-state index contributed by atoms with van der Waals surface area (Å²) in [6.07, 6.45) is 16.8. The molecule has 1 aliphatic carbocycles. The molecule has 3 aromatic carbocycles. The lowest BCUT2D eigenvalue weighted by atomic mass is 9.81. The van der Waals surface area contributed by atoms with E-state index in [0.29, 0.717) is 36.3 Å². The van der Waals surface area contributed by atoms with Crippen molar-refractivity contribution < 1.29 is 35.3 Å². The summed E-state index contributed by atoms with van der Waals surface area (Å²) in [7, 11) is -8.42. The molecule has 6 rings (SSSR count). The van der Waals surface area contributed by atoms with E-state index >= 15 is 0 Å². The first-order chi connectivity index (χ1) is 28.2. The molecule has 0 saturated heterocycles. The molecule has 3 aromatic rings. The molecule has 0 radical (unpaired) electrons. The topological polar surface area (TPSA) is 124 Å². The maximum Gasteiger partial charge on any atom is 0.294 e. The van der Waals surface area contributed by atoms with Crippen LogP contribution in [0, 0.1) is 5.41 Å². The predicted molar refractivity (Wildman–Crippen MR) is 243 cm³/mol. The molecule has 60 heavy (non-hydrogen) atoms. The van der Waals surface area contributed by atoms with E-state index in [1.54, 1.807) is 12.1 Å². The lowest BCUT2D eigenvalue weighted by Gasteiger charge is -2.27. The zero-order valence-corrected chi connectivity index (χ0v) is 38.0. The Balaban J connectivity index is 1.40. The Hall–Kier alpha value is -4.29. The van der Waals surface area contributed by atoms with Crippen LogP contribution in [-0.2, 0) is 31.1 Å². The second-order valence-corrected chi connectivity index (χ2v) is 21.7. The molecule has 0 spiro atoms. The van der Waals surface area contributed by atoms with Crippen LogP contribution in [0.1, 0.15) is 117 Å². The van der Waals surface area contributed by atoms with Crippen molar-refractivity contribution in [3.8, 4) is 5.75 Å². The van der Waals surface area contributed by atoms with Gasteiger partial charge in [-0.2, -0.15) is 21.4 Å². The van der Waals surface area contributed by atoms with Gasteiger partial charge in [-0.1, -0.05) is 83.5 Å². The summed E-state index contributed by atoms with van der Waals surface area (Å²) in [5.74, 6) is 0.889. The number of unbranched alkanes of at least 4 members (excludes halogenated alkanes) is 3. The van der Waals surface area contributed by atoms with Crippen molar-refractivity contribution >= 4 is 37.3 Å². The molecule has 0 unspecified atom stereocenters.